The van der Waals surface area contributed by atoms with Gasteiger partial charge in [-0.05, 0) is 6.54 Å². The van der Waals surface area contributed by atoms with Crippen molar-refractivity contribution >= 4 is 0 Å². The number of rotatable bonds is 5. The summed E-state index contributed by atoms with van der Waals surface area (Å²) in [6.45, 7) is 8.80. The normalized spacial score (nSPS) is 24.3. The zero-order valence-corrected chi connectivity index (χ0v) is 11.3. The summed E-state index contributed by atoms with van der Waals surface area (Å²) < 4.78 is 10.6. The van der Waals surface area contributed by atoms with Crippen LogP contribution in [0.2, 0.25) is 0 Å². The molecule has 1 N–H and O–H groups in total. The lowest BCUT2D eigenvalue weighted by Gasteiger charge is -2.27. The monoisotopic (exact) mass is 254 g/mol. The number of aromatic nitrogens is 1. The number of hydrogen-bond acceptors (Lipinski definition) is 5. The minimum atomic E-state index is -0.401. The minimum absolute atomic E-state index is 0.0641. The van der Waals surface area contributed by atoms with Gasteiger partial charge in [0, 0.05) is 18.5 Å². The van der Waals surface area contributed by atoms with E-state index < -0.39 is 6.10 Å². The average molecular weight is 254 g/mol. The van der Waals surface area contributed by atoms with E-state index in [-0.39, 0.29) is 6.04 Å². The second-order valence-electron chi connectivity index (χ2n) is 5.11. The van der Waals surface area contributed by atoms with Gasteiger partial charge in [-0.3, -0.25) is 4.90 Å². The molecule has 1 saturated heterocycles. The van der Waals surface area contributed by atoms with Gasteiger partial charge in [0.15, 0.2) is 0 Å². The van der Waals surface area contributed by atoms with Crippen molar-refractivity contribution in [1.82, 2.24) is 10.1 Å². The Bertz CT molecular complexity index is 378. The van der Waals surface area contributed by atoms with Gasteiger partial charge in [-0.15, -0.1) is 0 Å². The fourth-order valence-electron chi connectivity index (χ4n) is 2.23. The average Bonchev–Trinajstić information content (AvgIpc) is 2.95. The minimum Gasteiger partial charge on any atom is -0.389 e. The second kappa shape index (κ2) is 5.82. The molecule has 5 nitrogen and oxygen atoms in total. The summed E-state index contributed by atoms with van der Waals surface area (Å²) in [7, 11) is 0. The van der Waals surface area contributed by atoms with Gasteiger partial charge in [0.2, 0.25) is 0 Å². The molecule has 1 aliphatic rings. The van der Waals surface area contributed by atoms with Gasteiger partial charge >= 0.3 is 0 Å². The Morgan fingerprint density at radius 1 is 1.50 bits per heavy atom. The zero-order valence-electron chi connectivity index (χ0n) is 11.3. The van der Waals surface area contributed by atoms with E-state index in [4.69, 9.17) is 9.26 Å². The Morgan fingerprint density at radius 3 is 2.78 bits per heavy atom. The van der Waals surface area contributed by atoms with Crippen molar-refractivity contribution in [1.29, 1.82) is 0 Å². The number of likely N-dealkylation sites (N-methyl/N-ethyl adjacent to an activating group) is 1. The first-order valence-corrected chi connectivity index (χ1v) is 6.57. The van der Waals surface area contributed by atoms with Crippen LogP contribution in [0.25, 0.3) is 0 Å². The van der Waals surface area contributed by atoms with Crippen LogP contribution in [-0.4, -0.2) is 47.1 Å². The smallest absolute Gasteiger partial charge is 0.139 e. The molecule has 0 saturated carbocycles. The lowest BCUT2D eigenvalue weighted by molar-refractivity contribution is 0.0795. The molecule has 0 bridgehead atoms. The van der Waals surface area contributed by atoms with Crippen LogP contribution in [0.15, 0.2) is 10.6 Å². The maximum Gasteiger partial charge on any atom is 0.139 e. The summed E-state index contributed by atoms with van der Waals surface area (Å²) in [5.74, 6) is 1.26. The van der Waals surface area contributed by atoms with Crippen LogP contribution >= 0.6 is 0 Å². The molecule has 5 heteroatoms. The highest BCUT2D eigenvalue weighted by molar-refractivity contribution is 5.08. The molecule has 18 heavy (non-hydrogen) atoms. The van der Waals surface area contributed by atoms with Crippen LogP contribution < -0.4 is 0 Å². The van der Waals surface area contributed by atoms with E-state index in [9.17, 15) is 5.11 Å². The van der Waals surface area contributed by atoms with Gasteiger partial charge < -0.3 is 14.4 Å². The quantitative estimate of drug-likeness (QED) is 0.860. The highest BCUT2D eigenvalue weighted by Gasteiger charge is 2.31. The third-order valence-corrected chi connectivity index (χ3v) is 3.41. The highest BCUT2D eigenvalue weighted by Crippen LogP contribution is 2.19. The van der Waals surface area contributed by atoms with Crippen LogP contribution in [0.5, 0.6) is 0 Å². The SMILES string of the molecule is CCN(Cc1cc(C(C)C)on1)[C@@H]1COC[C@H]1O. The summed E-state index contributed by atoms with van der Waals surface area (Å²) in [5.41, 5.74) is 0.916. The summed E-state index contributed by atoms with van der Waals surface area (Å²) >= 11 is 0. The summed E-state index contributed by atoms with van der Waals surface area (Å²) in [5, 5.41) is 13.9. The molecule has 2 heterocycles. The number of hydrogen-bond donors (Lipinski definition) is 1. The van der Waals surface area contributed by atoms with E-state index in [2.05, 4.69) is 30.8 Å². The first-order valence-electron chi connectivity index (χ1n) is 6.57. The summed E-state index contributed by atoms with van der Waals surface area (Å²) in [4.78, 5) is 2.18. The van der Waals surface area contributed by atoms with Gasteiger partial charge in [-0.1, -0.05) is 25.9 Å². The Kier molecular flexibility index (Phi) is 4.37. The standard InChI is InChI=1S/C13H22N2O3/c1-4-15(11-7-17-8-12(11)16)6-10-5-13(9(2)3)18-14-10/h5,9,11-12,16H,4,6-8H2,1-3H3/t11-,12-/m1/s1. The zero-order chi connectivity index (χ0) is 13.1. The molecule has 1 aliphatic heterocycles. The molecule has 0 amide bonds. The Labute approximate surface area is 108 Å². The Hall–Kier alpha value is -0.910. The Balaban J connectivity index is 2.00. The second-order valence-corrected chi connectivity index (χ2v) is 5.11. The van der Waals surface area contributed by atoms with Gasteiger partial charge in [0.1, 0.15) is 5.76 Å². The van der Waals surface area contributed by atoms with Crippen molar-refractivity contribution in [2.45, 2.75) is 45.4 Å². The number of aliphatic hydroxyl groups is 1. The predicted molar refractivity (Wildman–Crippen MR) is 67.3 cm³/mol. The molecule has 0 unspecified atom stereocenters. The maximum atomic E-state index is 9.85. The first-order chi connectivity index (χ1) is 8.61. The van der Waals surface area contributed by atoms with E-state index in [1.54, 1.807) is 0 Å². The van der Waals surface area contributed by atoms with Gasteiger partial charge in [-0.2, -0.15) is 0 Å². The molecule has 2 rings (SSSR count). The van der Waals surface area contributed by atoms with E-state index in [1.165, 1.54) is 0 Å². The van der Waals surface area contributed by atoms with Gasteiger partial charge in [-0.25, -0.2) is 0 Å². The van der Waals surface area contributed by atoms with Gasteiger partial charge in [0.25, 0.3) is 0 Å². The first kappa shape index (κ1) is 13.5. The number of nitrogens with zero attached hydrogens (tertiary/aromatic N) is 2. The van der Waals surface area contributed by atoms with Crippen molar-refractivity contribution in [2.75, 3.05) is 19.8 Å². The summed E-state index contributed by atoms with van der Waals surface area (Å²) in [6, 6.07) is 2.06. The van der Waals surface area contributed by atoms with Crippen LogP contribution in [0, 0.1) is 0 Å². The van der Waals surface area contributed by atoms with Crippen LogP contribution in [0.1, 0.15) is 38.1 Å². The highest BCUT2D eigenvalue weighted by atomic mass is 16.5. The van der Waals surface area contributed by atoms with Crippen molar-refractivity contribution in [3.63, 3.8) is 0 Å². The molecule has 1 aromatic heterocycles. The molecular weight excluding hydrogens is 232 g/mol. The van der Waals surface area contributed by atoms with Crippen molar-refractivity contribution in [2.24, 2.45) is 0 Å². The molecular formula is C13H22N2O3. The molecule has 0 spiro atoms. The third-order valence-electron chi connectivity index (χ3n) is 3.41. The van der Waals surface area contributed by atoms with Crippen molar-refractivity contribution in [3.05, 3.63) is 17.5 Å². The maximum absolute atomic E-state index is 9.85. The predicted octanol–water partition coefficient (Wildman–Crippen LogP) is 1.38. The van der Waals surface area contributed by atoms with E-state index in [0.29, 0.717) is 25.7 Å². The molecule has 1 fully saturated rings. The third kappa shape index (κ3) is 2.91. The number of ether oxygens (including phenoxy) is 1. The van der Waals surface area contributed by atoms with Crippen LogP contribution in [-0.2, 0) is 11.3 Å². The lowest BCUT2D eigenvalue weighted by atomic mass is 10.1. The largest absolute Gasteiger partial charge is 0.389 e. The summed E-state index contributed by atoms with van der Waals surface area (Å²) in [6.07, 6.45) is -0.401. The molecule has 2 atom stereocenters. The number of aliphatic hydroxyl groups excluding tert-OH is 1. The molecule has 0 radical (unpaired) electrons. The van der Waals surface area contributed by atoms with Gasteiger partial charge in [0.05, 0.1) is 31.1 Å². The van der Waals surface area contributed by atoms with E-state index in [0.717, 1.165) is 18.0 Å². The molecule has 0 aromatic carbocycles. The van der Waals surface area contributed by atoms with E-state index in [1.807, 2.05) is 6.07 Å². The van der Waals surface area contributed by atoms with E-state index >= 15 is 0 Å². The Morgan fingerprint density at radius 2 is 2.28 bits per heavy atom. The molecule has 102 valence electrons. The van der Waals surface area contributed by atoms with Crippen LogP contribution in [0.3, 0.4) is 0 Å². The van der Waals surface area contributed by atoms with Crippen molar-refractivity contribution in [3.8, 4) is 0 Å². The lowest BCUT2D eigenvalue weighted by Crippen LogP contribution is -2.42. The molecule has 0 aliphatic carbocycles. The fourth-order valence-corrected chi connectivity index (χ4v) is 2.23. The molecule has 1 aromatic rings. The topological polar surface area (TPSA) is 58.7 Å². The van der Waals surface area contributed by atoms with Crippen LogP contribution in [0.4, 0.5) is 0 Å². The van der Waals surface area contributed by atoms with Crippen molar-refractivity contribution < 1.29 is 14.4 Å². The fraction of sp³-hybridized carbons (Fsp3) is 0.769.